The van der Waals surface area contributed by atoms with E-state index in [4.69, 9.17) is 4.74 Å². The van der Waals surface area contributed by atoms with E-state index in [0.29, 0.717) is 6.42 Å². The zero-order chi connectivity index (χ0) is 18.0. The number of amides is 2. The fourth-order valence-corrected chi connectivity index (χ4v) is 4.48. The third-order valence-corrected chi connectivity index (χ3v) is 5.87. The van der Waals surface area contributed by atoms with Gasteiger partial charge in [0.25, 0.3) is 0 Å². The maximum atomic E-state index is 12.3. The minimum Gasteiger partial charge on any atom is -0.375 e. The highest BCUT2D eigenvalue weighted by Gasteiger charge is 2.46. The second kappa shape index (κ2) is 7.16. The molecule has 1 heterocycles. The predicted octanol–water partition coefficient (Wildman–Crippen LogP) is 2.16. The molecule has 1 spiro atoms. The molecule has 2 amide bonds. The van der Waals surface area contributed by atoms with Gasteiger partial charge in [0.05, 0.1) is 0 Å². The van der Waals surface area contributed by atoms with Crippen LogP contribution >= 0.6 is 0 Å². The SMILES string of the molecule is COCC(=O)N1CCC2(CC1)C[C@H](CC(=O)N(C)C)c1ccccc12. The Hall–Kier alpha value is -1.88. The molecule has 0 unspecified atom stereocenters. The van der Waals surface area contributed by atoms with Crippen molar-refractivity contribution < 1.29 is 14.3 Å². The summed E-state index contributed by atoms with van der Waals surface area (Å²) in [5, 5.41) is 0. The fourth-order valence-electron chi connectivity index (χ4n) is 4.48. The Kier molecular flexibility index (Phi) is 5.13. The maximum Gasteiger partial charge on any atom is 0.248 e. The summed E-state index contributed by atoms with van der Waals surface area (Å²) >= 11 is 0. The lowest BCUT2D eigenvalue weighted by Gasteiger charge is -2.40. The van der Waals surface area contributed by atoms with Crippen molar-refractivity contribution in [3.05, 3.63) is 35.4 Å². The zero-order valence-electron chi connectivity index (χ0n) is 15.5. The maximum absolute atomic E-state index is 12.3. The molecule has 0 bridgehead atoms. The molecule has 136 valence electrons. The highest BCUT2D eigenvalue weighted by atomic mass is 16.5. The number of likely N-dealkylation sites (tertiary alicyclic amines) is 1. The first kappa shape index (κ1) is 17.9. The average molecular weight is 344 g/mol. The number of hydrogen-bond acceptors (Lipinski definition) is 3. The number of nitrogens with zero attached hydrogens (tertiary/aromatic N) is 2. The molecule has 3 rings (SSSR count). The molecular weight excluding hydrogens is 316 g/mol. The molecule has 0 aromatic heterocycles. The third-order valence-electron chi connectivity index (χ3n) is 5.87. The average Bonchev–Trinajstić information content (AvgIpc) is 2.89. The minimum absolute atomic E-state index is 0.0722. The summed E-state index contributed by atoms with van der Waals surface area (Å²) in [6, 6.07) is 8.57. The largest absolute Gasteiger partial charge is 0.375 e. The van der Waals surface area contributed by atoms with Crippen molar-refractivity contribution in [1.82, 2.24) is 9.80 Å². The first-order valence-corrected chi connectivity index (χ1v) is 9.03. The van der Waals surface area contributed by atoms with Crippen molar-refractivity contribution in [3.8, 4) is 0 Å². The number of piperidine rings is 1. The van der Waals surface area contributed by atoms with Crippen LogP contribution in [0, 0.1) is 0 Å². The molecule has 2 aliphatic rings. The van der Waals surface area contributed by atoms with Crippen molar-refractivity contribution in [3.63, 3.8) is 0 Å². The van der Waals surface area contributed by atoms with Crippen LogP contribution in [0.1, 0.15) is 42.7 Å². The lowest BCUT2D eigenvalue weighted by Crippen LogP contribution is -2.45. The van der Waals surface area contributed by atoms with E-state index in [1.807, 2.05) is 19.0 Å². The van der Waals surface area contributed by atoms with E-state index >= 15 is 0 Å². The standard InChI is InChI=1S/C20H28N2O3/c1-21(2)18(23)12-15-13-20(17-7-5-4-6-16(15)17)8-10-22(11-9-20)19(24)14-25-3/h4-7,15H,8-14H2,1-3H3/t15-/m0/s1. The van der Waals surface area contributed by atoms with Crippen molar-refractivity contribution in [1.29, 1.82) is 0 Å². The number of methoxy groups -OCH3 is 1. The van der Waals surface area contributed by atoms with Crippen LogP contribution in [0.15, 0.2) is 24.3 Å². The van der Waals surface area contributed by atoms with Crippen LogP contribution in [-0.4, -0.2) is 62.5 Å². The molecule has 25 heavy (non-hydrogen) atoms. The van der Waals surface area contributed by atoms with Crippen LogP contribution in [0.2, 0.25) is 0 Å². The quantitative estimate of drug-likeness (QED) is 0.841. The van der Waals surface area contributed by atoms with Gasteiger partial charge in [-0.05, 0) is 41.7 Å². The molecule has 0 saturated carbocycles. The Morgan fingerprint density at radius 2 is 1.92 bits per heavy atom. The second-order valence-electron chi connectivity index (χ2n) is 7.57. The normalized spacial score (nSPS) is 21.2. The van der Waals surface area contributed by atoms with E-state index in [1.165, 1.54) is 11.1 Å². The van der Waals surface area contributed by atoms with Crippen molar-refractivity contribution in [2.45, 2.75) is 37.0 Å². The van der Waals surface area contributed by atoms with Gasteiger partial charge in [-0.2, -0.15) is 0 Å². The van der Waals surface area contributed by atoms with E-state index in [-0.39, 0.29) is 29.8 Å². The van der Waals surface area contributed by atoms with Gasteiger partial charge >= 0.3 is 0 Å². The summed E-state index contributed by atoms with van der Waals surface area (Å²) < 4.78 is 4.98. The molecule has 1 aromatic rings. The Bertz CT molecular complexity index is 648. The molecule has 1 atom stereocenters. The number of rotatable bonds is 4. The first-order chi connectivity index (χ1) is 12.0. The van der Waals surface area contributed by atoms with Crippen LogP contribution in [0.4, 0.5) is 0 Å². The van der Waals surface area contributed by atoms with Gasteiger partial charge in [0.1, 0.15) is 6.61 Å². The van der Waals surface area contributed by atoms with Gasteiger partial charge in [0.15, 0.2) is 0 Å². The third kappa shape index (κ3) is 3.43. The molecular formula is C20H28N2O3. The highest BCUT2D eigenvalue weighted by molar-refractivity contribution is 5.78. The van der Waals surface area contributed by atoms with E-state index in [0.717, 1.165) is 32.4 Å². The van der Waals surface area contributed by atoms with E-state index in [1.54, 1.807) is 12.0 Å². The molecule has 1 saturated heterocycles. The molecule has 5 nitrogen and oxygen atoms in total. The van der Waals surface area contributed by atoms with Crippen molar-refractivity contribution in [2.24, 2.45) is 0 Å². The van der Waals surface area contributed by atoms with E-state index < -0.39 is 0 Å². The molecule has 1 aliphatic carbocycles. The summed E-state index contributed by atoms with van der Waals surface area (Å²) in [5.74, 6) is 0.542. The Morgan fingerprint density at radius 1 is 1.24 bits per heavy atom. The van der Waals surface area contributed by atoms with Crippen LogP contribution in [0.25, 0.3) is 0 Å². The lowest BCUT2D eigenvalue weighted by atomic mass is 9.73. The van der Waals surface area contributed by atoms with Gasteiger partial charge in [-0.3, -0.25) is 9.59 Å². The van der Waals surface area contributed by atoms with Crippen molar-refractivity contribution >= 4 is 11.8 Å². The van der Waals surface area contributed by atoms with Gasteiger partial charge in [-0.15, -0.1) is 0 Å². The van der Waals surface area contributed by atoms with Crippen LogP contribution in [-0.2, 0) is 19.7 Å². The number of carbonyl (C=O) groups is 2. The summed E-state index contributed by atoms with van der Waals surface area (Å²) in [6.07, 6.45) is 3.51. The zero-order valence-corrected chi connectivity index (χ0v) is 15.5. The van der Waals surface area contributed by atoms with Crippen LogP contribution in [0.3, 0.4) is 0 Å². The van der Waals surface area contributed by atoms with Crippen molar-refractivity contribution in [2.75, 3.05) is 40.9 Å². The fraction of sp³-hybridized carbons (Fsp3) is 0.600. The van der Waals surface area contributed by atoms with Gasteiger partial charge in [0, 0.05) is 40.7 Å². The topological polar surface area (TPSA) is 49.9 Å². The smallest absolute Gasteiger partial charge is 0.248 e. The summed E-state index contributed by atoms with van der Waals surface area (Å²) in [5.41, 5.74) is 2.83. The van der Waals surface area contributed by atoms with Gasteiger partial charge in [-0.1, -0.05) is 24.3 Å². The first-order valence-electron chi connectivity index (χ1n) is 9.03. The van der Waals surface area contributed by atoms with Gasteiger partial charge < -0.3 is 14.5 Å². The highest BCUT2D eigenvalue weighted by Crippen LogP contribution is 2.52. The monoisotopic (exact) mass is 344 g/mol. The molecule has 1 aromatic carbocycles. The number of ether oxygens (including phenoxy) is 1. The van der Waals surface area contributed by atoms with Crippen LogP contribution in [0.5, 0.6) is 0 Å². The number of fused-ring (bicyclic) bond motifs is 2. The lowest BCUT2D eigenvalue weighted by molar-refractivity contribution is -0.136. The van der Waals surface area contributed by atoms with E-state index in [9.17, 15) is 9.59 Å². The predicted molar refractivity (Wildman–Crippen MR) is 96.5 cm³/mol. The molecule has 0 N–H and O–H groups in total. The van der Waals surface area contributed by atoms with Gasteiger partial charge in [0.2, 0.25) is 11.8 Å². The summed E-state index contributed by atoms with van der Waals surface area (Å²) in [4.78, 5) is 27.9. The van der Waals surface area contributed by atoms with Crippen LogP contribution < -0.4 is 0 Å². The van der Waals surface area contributed by atoms with E-state index in [2.05, 4.69) is 24.3 Å². The Morgan fingerprint density at radius 3 is 2.56 bits per heavy atom. The molecule has 1 aliphatic heterocycles. The molecule has 0 radical (unpaired) electrons. The second-order valence-corrected chi connectivity index (χ2v) is 7.57. The number of carbonyl (C=O) groups excluding carboxylic acids is 2. The minimum atomic E-state index is 0.0722. The molecule has 5 heteroatoms. The number of benzene rings is 1. The Labute approximate surface area is 149 Å². The summed E-state index contributed by atoms with van der Waals surface area (Å²) in [6.45, 7) is 1.69. The summed E-state index contributed by atoms with van der Waals surface area (Å²) in [7, 11) is 5.20. The molecule has 1 fully saturated rings. The van der Waals surface area contributed by atoms with Gasteiger partial charge in [-0.25, -0.2) is 0 Å². The number of hydrogen-bond donors (Lipinski definition) is 0. The Balaban J connectivity index is 1.77.